The zero-order valence-electron chi connectivity index (χ0n) is 9.17. The first kappa shape index (κ1) is 12.2. The number of nitrogens with zero attached hydrogens (tertiary/aromatic N) is 2. The normalized spacial score (nSPS) is 13.7. The molecule has 1 unspecified atom stereocenters. The van der Waals surface area contributed by atoms with Gasteiger partial charge in [0, 0.05) is 5.41 Å². The Morgan fingerprint density at radius 1 is 1.47 bits per heavy atom. The first-order chi connectivity index (χ1) is 6.80. The van der Waals surface area contributed by atoms with Crippen LogP contribution in [0.2, 0.25) is 0 Å². The molecular weight excluding hydrogens is 262 g/mol. The second-order valence-corrected chi connectivity index (χ2v) is 5.64. The molecule has 84 valence electrons. The summed E-state index contributed by atoms with van der Waals surface area (Å²) in [6, 6.07) is 0.135. The Kier molecular flexibility index (Phi) is 3.49. The molecule has 1 amide bonds. The molecule has 0 radical (unpaired) electrons. The van der Waals surface area contributed by atoms with Gasteiger partial charge in [0.05, 0.1) is 4.83 Å². The topological polar surface area (TPSA) is 68.0 Å². The number of alkyl halides is 1. The second-order valence-electron chi connectivity index (χ2n) is 4.27. The van der Waals surface area contributed by atoms with Gasteiger partial charge in [0.1, 0.15) is 0 Å². The summed E-state index contributed by atoms with van der Waals surface area (Å²) >= 11 is 3.14. The number of amides is 1. The predicted octanol–water partition coefficient (Wildman–Crippen LogP) is 2.09. The number of rotatable bonds is 2. The minimum atomic E-state index is -0.289. The molecule has 1 aromatic heterocycles. The van der Waals surface area contributed by atoms with Gasteiger partial charge >= 0.3 is 6.01 Å². The van der Waals surface area contributed by atoms with Crippen molar-refractivity contribution in [1.82, 2.24) is 10.2 Å². The van der Waals surface area contributed by atoms with Crippen LogP contribution in [0.5, 0.6) is 0 Å². The van der Waals surface area contributed by atoms with Gasteiger partial charge in [-0.1, -0.05) is 41.8 Å². The van der Waals surface area contributed by atoms with E-state index in [1.165, 1.54) is 0 Å². The largest absolute Gasteiger partial charge is 0.407 e. The Bertz CT molecular complexity index is 354. The van der Waals surface area contributed by atoms with Gasteiger partial charge in [-0.05, 0) is 6.92 Å². The Hall–Kier alpha value is -0.910. The Morgan fingerprint density at radius 2 is 2.07 bits per heavy atom. The van der Waals surface area contributed by atoms with Crippen LogP contribution >= 0.6 is 15.9 Å². The van der Waals surface area contributed by atoms with Gasteiger partial charge in [0.2, 0.25) is 11.8 Å². The van der Waals surface area contributed by atoms with E-state index in [9.17, 15) is 4.79 Å². The third-order valence-corrected chi connectivity index (χ3v) is 2.07. The van der Waals surface area contributed by atoms with Gasteiger partial charge in [-0.3, -0.25) is 10.1 Å². The highest BCUT2D eigenvalue weighted by Crippen LogP contribution is 2.21. The summed E-state index contributed by atoms with van der Waals surface area (Å²) < 4.78 is 5.29. The second kappa shape index (κ2) is 4.30. The van der Waals surface area contributed by atoms with Crippen LogP contribution in [-0.4, -0.2) is 20.9 Å². The molecule has 1 aromatic rings. The maximum Gasteiger partial charge on any atom is 0.322 e. The lowest BCUT2D eigenvalue weighted by molar-refractivity contribution is -0.115. The number of carbonyl (C=O) groups excluding carboxylic acids is 1. The molecule has 1 atom stereocenters. The number of anilines is 1. The zero-order valence-corrected chi connectivity index (χ0v) is 10.8. The molecule has 1 N–H and O–H groups in total. The van der Waals surface area contributed by atoms with Crippen molar-refractivity contribution >= 4 is 27.9 Å². The highest BCUT2D eigenvalue weighted by Gasteiger charge is 2.22. The van der Waals surface area contributed by atoms with Crippen LogP contribution in [0.1, 0.15) is 33.6 Å². The predicted molar refractivity (Wildman–Crippen MR) is 60.0 cm³/mol. The summed E-state index contributed by atoms with van der Waals surface area (Å²) in [5, 5.41) is 10.1. The average molecular weight is 276 g/mol. The van der Waals surface area contributed by atoms with E-state index in [4.69, 9.17) is 4.42 Å². The fourth-order valence-corrected chi connectivity index (χ4v) is 0.896. The Morgan fingerprint density at radius 3 is 2.47 bits per heavy atom. The first-order valence-electron chi connectivity index (χ1n) is 4.59. The molecule has 0 aliphatic heterocycles. The quantitative estimate of drug-likeness (QED) is 0.840. The maximum atomic E-state index is 11.3. The van der Waals surface area contributed by atoms with Crippen LogP contribution in [0, 0.1) is 0 Å². The van der Waals surface area contributed by atoms with E-state index in [-0.39, 0.29) is 22.2 Å². The molecule has 6 heteroatoms. The van der Waals surface area contributed by atoms with Crippen molar-refractivity contribution in [3.8, 4) is 0 Å². The standard InChI is InChI=1S/C9H14BrN3O2/c1-5(10)6(14)11-8-13-12-7(15-8)9(2,3)4/h5H,1-4H3,(H,11,13,14). The molecule has 0 spiro atoms. The van der Waals surface area contributed by atoms with Crippen LogP contribution in [0.25, 0.3) is 0 Å². The van der Waals surface area contributed by atoms with Crippen molar-refractivity contribution in [2.75, 3.05) is 5.32 Å². The summed E-state index contributed by atoms with van der Waals surface area (Å²) in [5.74, 6) is 0.291. The van der Waals surface area contributed by atoms with Gasteiger partial charge in [-0.2, -0.15) is 0 Å². The van der Waals surface area contributed by atoms with Gasteiger partial charge in [0.15, 0.2) is 0 Å². The number of hydrogen-bond acceptors (Lipinski definition) is 4. The van der Waals surface area contributed by atoms with E-state index in [0.29, 0.717) is 5.89 Å². The van der Waals surface area contributed by atoms with Crippen molar-refractivity contribution in [2.24, 2.45) is 0 Å². The molecule has 0 saturated carbocycles. The van der Waals surface area contributed by atoms with Crippen LogP contribution in [-0.2, 0) is 10.2 Å². The van der Waals surface area contributed by atoms with E-state index in [0.717, 1.165) is 0 Å². The third kappa shape index (κ3) is 3.30. The number of aromatic nitrogens is 2. The summed E-state index contributed by atoms with van der Waals surface area (Å²) in [6.07, 6.45) is 0. The molecule has 5 nitrogen and oxygen atoms in total. The van der Waals surface area contributed by atoms with Crippen molar-refractivity contribution in [1.29, 1.82) is 0 Å². The highest BCUT2D eigenvalue weighted by molar-refractivity contribution is 9.10. The molecule has 1 heterocycles. The van der Waals surface area contributed by atoms with Crippen molar-refractivity contribution in [3.63, 3.8) is 0 Å². The minimum Gasteiger partial charge on any atom is -0.407 e. The van der Waals surface area contributed by atoms with E-state index >= 15 is 0 Å². The Balaban J connectivity index is 2.73. The summed E-state index contributed by atoms with van der Waals surface area (Å²) in [5.41, 5.74) is -0.212. The smallest absolute Gasteiger partial charge is 0.322 e. The van der Waals surface area contributed by atoms with Gasteiger partial charge in [-0.25, -0.2) is 0 Å². The SMILES string of the molecule is CC(Br)C(=O)Nc1nnc(C(C)(C)C)o1. The van der Waals surface area contributed by atoms with E-state index < -0.39 is 0 Å². The van der Waals surface area contributed by atoms with Gasteiger partial charge in [0.25, 0.3) is 0 Å². The van der Waals surface area contributed by atoms with E-state index in [1.807, 2.05) is 20.8 Å². The molecule has 0 fully saturated rings. The number of hydrogen-bond donors (Lipinski definition) is 1. The summed E-state index contributed by atoms with van der Waals surface area (Å²) in [4.78, 5) is 11.0. The Labute approximate surface area is 96.8 Å². The van der Waals surface area contributed by atoms with Gasteiger partial charge < -0.3 is 4.42 Å². The monoisotopic (exact) mass is 275 g/mol. The first-order valence-corrected chi connectivity index (χ1v) is 5.51. The van der Waals surface area contributed by atoms with Crippen LogP contribution < -0.4 is 5.32 Å². The fraction of sp³-hybridized carbons (Fsp3) is 0.667. The molecular formula is C9H14BrN3O2. The number of nitrogens with one attached hydrogen (secondary N) is 1. The molecule has 1 rings (SSSR count). The lowest BCUT2D eigenvalue weighted by Crippen LogP contribution is -2.20. The van der Waals surface area contributed by atoms with Crippen molar-refractivity contribution in [2.45, 2.75) is 37.9 Å². The lowest BCUT2D eigenvalue weighted by atomic mass is 9.97. The number of halogens is 1. The summed E-state index contributed by atoms with van der Waals surface area (Å²) in [7, 11) is 0. The van der Waals surface area contributed by atoms with E-state index in [2.05, 4.69) is 31.4 Å². The van der Waals surface area contributed by atoms with Crippen LogP contribution in [0.15, 0.2) is 4.42 Å². The fourth-order valence-electron chi connectivity index (χ4n) is 0.782. The van der Waals surface area contributed by atoms with Crippen molar-refractivity contribution in [3.05, 3.63) is 5.89 Å². The molecule has 0 aromatic carbocycles. The van der Waals surface area contributed by atoms with E-state index in [1.54, 1.807) is 6.92 Å². The van der Waals surface area contributed by atoms with Crippen molar-refractivity contribution < 1.29 is 9.21 Å². The molecule has 0 bridgehead atoms. The third-order valence-electron chi connectivity index (χ3n) is 1.66. The van der Waals surface area contributed by atoms with Crippen LogP contribution in [0.3, 0.4) is 0 Å². The molecule has 0 aliphatic rings. The molecule has 0 aliphatic carbocycles. The minimum absolute atomic E-state index is 0.135. The number of carbonyl (C=O) groups is 1. The highest BCUT2D eigenvalue weighted by atomic mass is 79.9. The average Bonchev–Trinajstić information content (AvgIpc) is 2.51. The molecule has 0 saturated heterocycles. The summed E-state index contributed by atoms with van der Waals surface area (Å²) in [6.45, 7) is 7.59. The van der Waals surface area contributed by atoms with Crippen LogP contribution in [0.4, 0.5) is 6.01 Å². The zero-order chi connectivity index (χ0) is 11.6. The molecule has 15 heavy (non-hydrogen) atoms. The maximum absolute atomic E-state index is 11.3. The lowest BCUT2D eigenvalue weighted by Gasteiger charge is -2.10. The van der Waals surface area contributed by atoms with Gasteiger partial charge in [-0.15, -0.1) is 5.10 Å².